The Morgan fingerprint density at radius 1 is 1.05 bits per heavy atom. The molecule has 0 aromatic heterocycles. The average Bonchev–Trinajstić information content (AvgIpc) is 3.62. The van der Waals surface area contributed by atoms with Crippen molar-refractivity contribution in [3.63, 3.8) is 0 Å². The third kappa shape index (κ3) is 5.04. The normalized spacial score (nSPS) is 19.7. The van der Waals surface area contributed by atoms with Gasteiger partial charge in [0.1, 0.15) is 6.61 Å². The highest BCUT2D eigenvalue weighted by Gasteiger charge is 2.41. The zero-order valence-electron chi connectivity index (χ0n) is 23.8. The summed E-state index contributed by atoms with van der Waals surface area (Å²) in [5.41, 5.74) is 9.17. The molecule has 4 aliphatic rings. The van der Waals surface area contributed by atoms with E-state index in [2.05, 4.69) is 68.2 Å². The quantitative estimate of drug-likeness (QED) is 0.324. The first-order valence-corrected chi connectivity index (χ1v) is 14.6. The lowest BCUT2D eigenvalue weighted by molar-refractivity contribution is 0.174. The van der Waals surface area contributed by atoms with E-state index in [0.717, 1.165) is 48.8 Å². The number of hydrogen-bond donors (Lipinski definition) is 0. The second kappa shape index (κ2) is 11.0. The lowest BCUT2D eigenvalue weighted by Crippen LogP contribution is -2.38. The third-order valence-electron chi connectivity index (χ3n) is 8.74. The molecule has 0 saturated heterocycles. The van der Waals surface area contributed by atoms with Crippen molar-refractivity contribution in [2.24, 2.45) is 5.92 Å². The highest BCUT2D eigenvalue weighted by atomic mass is 16.7. The molecule has 0 bridgehead atoms. The molecular formula is C34H41NO4. The predicted octanol–water partition coefficient (Wildman–Crippen LogP) is 8.10. The van der Waals surface area contributed by atoms with E-state index in [1.54, 1.807) is 7.11 Å². The number of ether oxygens (including phenoxy) is 4. The summed E-state index contributed by atoms with van der Waals surface area (Å²) >= 11 is 0. The largest absolute Gasteiger partial charge is 0.493 e. The van der Waals surface area contributed by atoms with E-state index in [1.165, 1.54) is 64.8 Å². The smallest absolute Gasteiger partial charge is 0.231 e. The van der Waals surface area contributed by atoms with Gasteiger partial charge in [-0.05, 0) is 100 Å². The molecule has 1 aliphatic carbocycles. The van der Waals surface area contributed by atoms with Gasteiger partial charge in [-0.2, -0.15) is 0 Å². The first-order valence-electron chi connectivity index (χ1n) is 14.6. The van der Waals surface area contributed by atoms with Crippen LogP contribution in [0.2, 0.25) is 0 Å². The molecule has 3 aliphatic heterocycles. The van der Waals surface area contributed by atoms with Gasteiger partial charge in [-0.3, -0.25) is 0 Å². The zero-order valence-corrected chi connectivity index (χ0v) is 23.8. The molecule has 0 unspecified atom stereocenters. The molecule has 0 amide bonds. The van der Waals surface area contributed by atoms with E-state index < -0.39 is 0 Å². The summed E-state index contributed by atoms with van der Waals surface area (Å²) in [5.74, 6) is 4.05. The lowest BCUT2D eigenvalue weighted by Gasteiger charge is -2.46. The molecule has 206 valence electrons. The second-order valence-corrected chi connectivity index (χ2v) is 11.6. The fraction of sp³-hybridized carbons (Fsp3) is 0.471. The molecule has 1 fully saturated rings. The van der Waals surface area contributed by atoms with E-state index >= 15 is 0 Å². The van der Waals surface area contributed by atoms with Crippen molar-refractivity contribution >= 4 is 11.8 Å². The third-order valence-corrected chi connectivity index (χ3v) is 8.74. The Morgan fingerprint density at radius 3 is 2.62 bits per heavy atom. The topological polar surface area (TPSA) is 40.2 Å². The van der Waals surface area contributed by atoms with E-state index in [-0.39, 0.29) is 6.04 Å². The van der Waals surface area contributed by atoms with Gasteiger partial charge in [0, 0.05) is 23.4 Å². The number of allylic oxidation sites excluding steroid dienone is 3. The maximum atomic E-state index is 6.61. The standard InChI is InChI=1S/C34H41NO4/c1-22(2)8-7-9-23(3)15-17-37-34-29(36-4)13-12-26-18-28-27-20-31-30(38-21-39-31)19-25(27)14-16-35(28)33(32(26)34)24-10-5-6-11-24/h8,12-13,15,18-20,24,33H,5-7,9-11,14,16-17,21H2,1-4H3/b23-15+/t33-/m0/s1. The number of nitrogens with zero attached hydrogens (tertiary/aromatic N) is 1. The molecule has 2 aromatic carbocycles. The number of benzene rings is 2. The molecule has 0 N–H and O–H groups in total. The Balaban J connectivity index is 1.38. The molecule has 3 heterocycles. The summed E-state index contributed by atoms with van der Waals surface area (Å²) in [6.45, 7) is 8.35. The van der Waals surface area contributed by atoms with Crippen molar-refractivity contribution in [3.05, 3.63) is 69.8 Å². The minimum Gasteiger partial charge on any atom is -0.493 e. The van der Waals surface area contributed by atoms with Crippen LogP contribution in [0.3, 0.4) is 0 Å². The van der Waals surface area contributed by atoms with E-state index in [9.17, 15) is 0 Å². The van der Waals surface area contributed by atoms with Gasteiger partial charge in [0.2, 0.25) is 6.79 Å². The Bertz CT molecular complexity index is 1330. The van der Waals surface area contributed by atoms with Crippen LogP contribution in [0.25, 0.3) is 11.8 Å². The fourth-order valence-electron chi connectivity index (χ4n) is 6.75. The van der Waals surface area contributed by atoms with Crippen molar-refractivity contribution in [2.75, 3.05) is 27.1 Å². The van der Waals surface area contributed by atoms with Gasteiger partial charge in [-0.1, -0.05) is 36.1 Å². The average molecular weight is 528 g/mol. The van der Waals surface area contributed by atoms with Crippen LogP contribution < -0.4 is 18.9 Å². The summed E-state index contributed by atoms with van der Waals surface area (Å²) in [7, 11) is 1.75. The van der Waals surface area contributed by atoms with Crippen molar-refractivity contribution < 1.29 is 18.9 Å². The Hall–Kier alpha value is -3.34. The van der Waals surface area contributed by atoms with Crippen molar-refractivity contribution in [1.29, 1.82) is 0 Å². The van der Waals surface area contributed by atoms with E-state index in [1.807, 2.05) is 0 Å². The SMILES string of the molecule is COc1ccc2c(c1OC/C=C(\C)CCC=C(C)C)[C@H](C1CCCC1)N1CCc3cc4c(cc3C1=C2)OCO4. The molecule has 0 spiro atoms. The van der Waals surface area contributed by atoms with Gasteiger partial charge in [-0.25, -0.2) is 0 Å². The molecule has 1 saturated carbocycles. The zero-order chi connectivity index (χ0) is 26.9. The van der Waals surface area contributed by atoms with Crippen LogP contribution in [0.4, 0.5) is 0 Å². The Labute approximate surface area is 233 Å². The maximum absolute atomic E-state index is 6.61. The van der Waals surface area contributed by atoms with Gasteiger partial charge >= 0.3 is 0 Å². The van der Waals surface area contributed by atoms with Crippen LogP contribution in [0.15, 0.2) is 47.6 Å². The number of fused-ring (bicyclic) bond motifs is 5. The monoisotopic (exact) mass is 527 g/mol. The summed E-state index contributed by atoms with van der Waals surface area (Å²) in [4.78, 5) is 2.65. The van der Waals surface area contributed by atoms with Crippen molar-refractivity contribution in [3.8, 4) is 23.0 Å². The fourth-order valence-corrected chi connectivity index (χ4v) is 6.75. The van der Waals surface area contributed by atoms with Crippen LogP contribution >= 0.6 is 0 Å². The number of rotatable bonds is 8. The lowest BCUT2D eigenvalue weighted by atomic mass is 9.80. The minimum atomic E-state index is 0.272. The number of hydrogen-bond acceptors (Lipinski definition) is 5. The first-order chi connectivity index (χ1) is 19.0. The minimum absolute atomic E-state index is 0.272. The van der Waals surface area contributed by atoms with Crippen LogP contribution in [0.5, 0.6) is 23.0 Å². The molecule has 2 aromatic rings. The van der Waals surface area contributed by atoms with Crippen molar-refractivity contribution in [2.45, 2.75) is 71.8 Å². The first kappa shape index (κ1) is 25.9. The van der Waals surface area contributed by atoms with Gasteiger partial charge in [0.15, 0.2) is 23.0 Å². The number of methoxy groups -OCH3 is 1. The van der Waals surface area contributed by atoms with E-state index in [0.29, 0.717) is 19.3 Å². The molecule has 6 rings (SSSR count). The molecule has 39 heavy (non-hydrogen) atoms. The summed E-state index contributed by atoms with van der Waals surface area (Å²) < 4.78 is 24.0. The Morgan fingerprint density at radius 2 is 1.85 bits per heavy atom. The molecular weight excluding hydrogens is 486 g/mol. The molecule has 5 heteroatoms. The van der Waals surface area contributed by atoms with E-state index in [4.69, 9.17) is 18.9 Å². The Kier molecular flexibility index (Phi) is 7.33. The summed E-state index contributed by atoms with van der Waals surface area (Å²) in [5, 5.41) is 0. The highest BCUT2D eigenvalue weighted by Crippen LogP contribution is 2.54. The van der Waals surface area contributed by atoms with Crippen LogP contribution in [-0.2, 0) is 6.42 Å². The molecule has 5 nitrogen and oxygen atoms in total. The molecule has 1 atom stereocenters. The van der Waals surface area contributed by atoms with Crippen LogP contribution in [-0.4, -0.2) is 32.0 Å². The van der Waals surface area contributed by atoms with Crippen LogP contribution in [0.1, 0.15) is 87.6 Å². The predicted molar refractivity (Wildman–Crippen MR) is 156 cm³/mol. The summed E-state index contributed by atoms with van der Waals surface area (Å²) in [6, 6.07) is 8.94. The van der Waals surface area contributed by atoms with Crippen molar-refractivity contribution in [1.82, 2.24) is 4.90 Å². The highest BCUT2D eigenvalue weighted by molar-refractivity contribution is 5.88. The van der Waals surface area contributed by atoms with Gasteiger partial charge in [0.25, 0.3) is 0 Å². The second-order valence-electron chi connectivity index (χ2n) is 11.6. The summed E-state index contributed by atoms with van der Waals surface area (Å²) in [6.07, 6.45) is 15.1. The van der Waals surface area contributed by atoms with Gasteiger partial charge in [0.05, 0.1) is 13.2 Å². The van der Waals surface area contributed by atoms with Gasteiger partial charge in [-0.15, -0.1) is 0 Å². The van der Waals surface area contributed by atoms with Gasteiger partial charge < -0.3 is 23.8 Å². The molecule has 0 radical (unpaired) electrons. The van der Waals surface area contributed by atoms with Crippen LogP contribution in [0, 0.1) is 5.92 Å². The maximum Gasteiger partial charge on any atom is 0.231 e.